The Morgan fingerprint density at radius 1 is 1.38 bits per heavy atom. The molecule has 5 nitrogen and oxygen atoms in total. The molecule has 1 aromatic heterocycles. The smallest absolute Gasteiger partial charge is 0.244 e. The second kappa shape index (κ2) is 7.17. The number of piperidine rings is 1. The van der Waals surface area contributed by atoms with E-state index in [0.29, 0.717) is 16.9 Å². The van der Waals surface area contributed by atoms with Gasteiger partial charge in [-0.25, -0.2) is 8.42 Å². The zero-order valence-corrected chi connectivity index (χ0v) is 14.8. The highest BCUT2D eigenvalue weighted by molar-refractivity contribution is 9.10. The van der Waals surface area contributed by atoms with E-state index in [-0.39, 0.29) is 10.9 Å². The average molecular weight is 376 g/mol. The molecule has 118 valence electrons. The number of sulfonamides is 1. The second-order valence-electron chi connectivity index (χ2n) is 5.70. The van der Waals surface area contributed by atoms with E-state index in [0.717, 1.165) is 25.9 Å². The van der Waals surface area contributed by atoms with Crippen molar-refractivity contribution in [1.29, 1.82) is 0 Å². The van der Waals surface area contributed by atoms with Crippen LogP contribution in [0.3, 0.4) is 0 Å². The number of nitrogens with one attached hydrogen (secondary N) is 1. The lowest BCUT2D eigenvalue weighted by atomic mass is 9.98. The Kier molecular flexibility index (Phi) is 5.76. The highest BCUT2D eigenvalue weighted by atomic mass is 79.9. The molecule has 2 heterocycles. The highest BCUT2D eigenvalue weighted by Gasteiger charge is 2.30. The van der Waals surface area contributed by atoms with Crippen molar-refractivity contribution in [3.63, 3.8) is 0 Å². The molecule has 21 heavy (non-hydrogen) atoms. The first kappa shape index (κ1) is 16.9. The summed E-state index contributed by atoms with van der Waals surface area (Å²) in [7, 11) is -3.50. The van der Waals surface area contributed by atoms with Crippen LogP contribution in [0.2, 0.25) is 0 Å². The summed E-state index contributed by atoms with van der Waals surface area (Å²) >= 11 is 3.29. The van der Waals surface area contributed by atoms with Gasteiger partial charge >= 0.3 is 0 Å². The fourth-order valence-electron chi connectivity index (χ4n) is 2.57. The third kappa shape index (κ3) is 4.25. The molecule has 0 atom stereocenters. The van der Waals surface area contributed by atoms with Crippen molar-refractivity contribution in [3.05, 3.63) is 22.9 Å². The van der Waals surface area contributed by atoms with Gasteiger partial charge < -0.3 is 5.32 Å². The van der Waals surface area contributed by atoms with Gasteiger partial charge in [0.1, 0.15) is 4.90 Å². The van der Waals surface area contributed by atoms with Gasteiger partial charge in [0.05, 0.1) is 0 Å². The summed E-state index contributed by atoms with van der Waals surface area (Å²) in [6, 6.07) is 1.55. The van der Waals surface area contributed by atoms with Gasteiger partial charge in [-0.1, -0.05) is 0 Å². The summed E-state index contributed by atoms with van der Waals surface area (Å²) in [6.45, 7) is 6.35. The highest BCUT2D eigenvalue weighted by Crippen LogP contribution is 2.24. The Balaban J connectivity index is 2.23. The predicted molar refractivity (Wildman–Crippen MR) is 86.6 cm³/mol. The summed E-state index contributed by atoms with van der Waals surface area (Å²) in [5, 5.41) is 3.31. The molecule has 0 saturated carbocycles. The van der Waals surface area contributed by atoms with E-state index in [1.165, 1.54) is 6.20 Å². The minimum atomic E-state index is -3.50. The zero-order chi connectivity index (χ0) is 15.5. The Morgan fingerprint density at radius 3 is 2.62 bits per heavy atom. The fourth-order valence-corrected chi connectivity index (χ4v) is 4.79. The van der Waals surface area contributed by atoms with Crippen LogP contribution in [-0.4, -0.2) is 43.4 Å². The number of aromatic nitrogens is 1. The molecule has 1 aliphatic rings. The Hall–Kier alpha value is -0.500. The first-order chi connectivity index (χ1) is 9.91. The maximum Gasteiger partial charge on any atom is 0.244 e. The molecule has 0 radical (unpaired) electrons. The molecular formula is C14H22BrN3O2S. The van der Waals surface area contributed by atoms with E-state index < -0.39 is 10.0 Å². The summed E-state index contributed by atoms with van der Waals surface area (Å²) in [4.78, 5) is 4.23. The van der Waals surface area contributed by atoms with E-state index in [9.17, 15) is 8.42 Å². The van der Waals surface area contributed by atoms with Crippen molar-refractivity contribution >= 4 is 26.0 Å². The molecule has 1 fully saturated rings. The van der Waals surface area contributed by atoms with Crippen LogP contribution in [0.4, 0.5) is 0 Å². The van der Waals surface area contributed by atoms with Gasteiger partial charge in [-0.05, 0) is 67.7 Å². The Morgan fingerprint density at radius 2 is 2.05 bits per heavy atom. The van der Waals surface area contributed by atoms with Crippen molar-refractivity contribution in [3.8, 4) is 0 Å². The number of hydrogen-bond donors (Lipinski definition) is 1. The maximum absolute atomic E-state index is 12.8. The lowest BCUT2D eigenvalue weighted by Gasteiger charge is -2.31. The average Bonchev–Trinajstić information content (AvgIpc) is 2.45. The molecule has 0 bridgehead atoms. The van der Waals surface area contributed by atoms with Gasteiger partial charge in [-0.15, -0.1) is 0 Å². The van der Waals surface area contributed by atoms with Crippen LogP contribution in [0.1, 0.15) is 26.7 Å². The summed E-state index contributed by atoms with van der Waals surface area (Å²) in [6.07, 6.45) is 5.05. The van der Waals surface area contributed by atoms with Crippen molar-refractivity contribution in [2.24, 2.45) is 5.92 Å². The van der Waals surface area contributed by atoms with Crippen LogP contribution in [0.5, 0.6) is 0 Å². The van der Waals surface area contributed by atoms with Gasteiger partial charge in [-0.2, -0.15) is 4.31 Å². The number of pyridine rings is 1. The second-order valence-corrected chi connectivity index (χ2v) is 8.51. The third-order valence-electron chi connectivity index (χ3n) is 3.76. The summed E-state index contributed by atoms with van der Waals surface area (Å²) < 4.78 is 28.0. The minimum Gasteiger partial charge on any atom is -0.317 e. The molecule has 2 rings (SSSR count). The van der Waals surface area contributed by atoms with Gasteiger partial charge in [0.2, 0.25) is 10.0 Å². The molecule has 7 heteroatoms. The topological polar surface area (TPSA) is 62.3 Å². The molecule has 1 saturated heterocycles. The van der Waals surface area contributed by atoms with E-state index in [1.807, 2.05) is 13.8 Å². The number of nitrogens with zero attached hydrogens (tertiary/aromatic N) is 2. The van der Waals surface area contributed by atoms with E-state index in [2.05, 4.69) is 26.2 Å². The van der Waals surface area contributed by atoms with Gasteiger partial charge in [-0.3, -0.25) is 4.98 Å². The Labute approximate surface area is 135 Å². The van der Waals surface area contributed by atoms with Gasteiger partial charge in [0.15, 0.2) is 0 Å². The molecule has 0 aromatic carbocycles. The maximum atomic E-state index is 12.8. The summed E-state index contributed by atoms with van der Waals surface area (Å²) in [5.41, 5.74) is 0. The molecule has 1 N–H and O–H groups in total. The van der Waals surface area contributed by atoms with Crippen LogP contribution >= 0.6 is 15.9 Å². The van der Waals surface area contributed by atoms with Crippen molar-refractivity contribution in [2.45, 2.75) is 37.6 Å². The van der Waals surface area contributed by atoms with E-state index in [1.54, 1.807) is 16.6 Å². The molecule has 0 amide bonds. The van der Waals surface area contributed by atoms with E-state index >= 15 is 0 Å². The standard InChI is InChI=1S/C14H22BrN3O2S/c1-11(2)18(10-12-3-5-16-6-4-12)21(19,20)14-7-13(15)8-17-9-14/h7-9,11-12,16H,3-6,10H2,1-2H3. The fraction of sp³-hybridized carbons (Fsp3) is 0.643. The van der Waals surface area contributed by atoms with Crippen LogP contribution in [0, 0.1) is 5.92 Å². The molecule has 0 unspecified atom stereocenters. The van der Waals surface area contributed by atoms with Crippen molar-refractivity contribution < 1.29 is 8.42 Å². The van der Waals surface area contributed by atoms with Crippen LogP contribution in [0.25, 0.3) is 0 Å². The van der Waals surface area contributed by atoms with Crippen LogP contribution < -0.4 is 5.32 Å². The molecule has 1 aliphatic heterocycles. The van der Waals surface area contributed by atoms with E-state index in [4.69, 9.17) is 0 Å². The number of hydrogen-bond acceptors (Lipinski definition) is 4. The minimum absolute atomic E-state index is 0.0659. The first-order valence-corrected chi connectivity index (χ1v) is 9.47. The monoisotopic (exact) mass is 375 g/mol. The normalized spacial score (nSPS) is 17.6. The van der Waals surface area contributed by atoms with Crippen molar-refractivity contribution in [2.75, 3.05) is 19.6 Å². The largest absolute Gasteiger partial charge is 0.317 e. The van der Waals surface area contributed by atoms with Gasteiger partial charge in [0.25, 0.3) is 0 Å². The Bertz CT molecular complexity index is 571. The third-order valence-corrected chi connectivity index (χ3v) is 6.20. The molecule has 0 spiro atoms. The number of rotatable bonds is 5. The summed E-state index contributed by atoms with van der Waals surface area (Å²) in [5.74, 6) is 0.420. The van der Waals surface area contributed by atoms with Gasteiger partial charge in [0, 0.05) is 29.5 Å². The molecule has 1 aromatic rings. The molecular weight excluding hydrogens is 354 g/mol. The SMILES string of the molecule is CC(C)N(CC1CCNCC1)S(=O)(=O)c1cncc(Br)c1. The quantitative estimate of drug-likeness (QED) is 0.856. The lowest BCUT2D eigenvalue weighted by Crippen LogP contribution is -2.42. The zero-order valence-electron chi connectivity index (χ0n) is 12.4. The lowest BCUT2D eigenvalue weighted by molar-refractivity contribution is 0.260. The number of halogens is 1. The van der Waals surface area contributed by atoms with Crippen LogP contribution in [-0.2, 0) is 10.0 Å². The predicted octanol–water partition coefficient (Wildman–Crippen LogP) is 2.24. The van der Waals surface area contributed by atoms with Crippen molar-refractivity contribution in [1.82, 2.24) is 14.6 Å². The molecule has 0 aliphatic carbocycles. The van der Waals surface area contributed by atoms with Crippen LogP contribution in [0.15, 0.2) is 27.8 Å². The first-order valence-electron chi connectivity index (χ1n) is 7.24.